The van der Waals surface area contributed by atoms with E-state index in [1.165, 1.54) is 20.4 Å². The Bertz CT molecular complexity index is 1130. The van der Waals surface area contributed by atoms with E-state index in [4.69, 9.17) is 18.6 Å². The topological polar surface area (TPSA) is 109 Å². The van der Waals surface area contributed by atoms with E-state index in [1.54, 1.807) is 24.3 Å². The number of benzene rings is 2. The Morgan fingerprint density at radius 2 is 1.85 bits per heavy atom. The van der Waals surface area contributed by atoms with Crippen LogP contribution in [-0.2, 0) is 16.1 Å². The van der Waals surface area contributed by atoms with Gasteiger partial charge in [0.25, 0.3) is 0 Å². The molecular weight excluding hydrogens is 496 g/mol. The summed E-state index contributed by atoms with van der Waals surface area (Å²) < 4.78 is 27.0. The number of para-hydroxylation sites is 1. The summed E-state index contributed by atoms with van der Waals surface area (Å²) in [5.74, 6) is 0.991. The molecule has 0 fully saturated rings. The molecule has 2 aromatic carbocycles. The molecule has 1 N–H and O–H groups in total. The zero-order valence-electron chi connectivity index (χ0n) is 17.9. The van der Waals surface area contributed by atoms with Crippen molar-refractivity contribution in [1.29, 1.82) is 0 Å². The maximum absolute atomic E-state index is 12.3. The first-order valence-corrected chi connectivity index (χ1v) is 10.5. The second kappa shape index (κ2) is 11.7. The van der Waals surface area contributed by atoms with Crippen molar-refractivity contribution in [3.05, 3.63) is 76.2 Å². The normalized spacial score (nSPS) is 10.6. The predicted molar refractivity (Wildman–Crippen MR) is 123 cm³/mol. The summed E-state index contributed by atoms with van der Waals surface area (Å²) in [5.41, 5.74) is 3.01. The number of hydrogen-bond donors (Lipinski definition) is 1. The summed E-state index contributed by atoms with van der Waals surface area (Å²) in [7, 11) is 2.74. The van der Waals surface area contributed by atoms with E-state index in [2.05, 4.69) is 31.2 Å². The number of hydrazone groups is 1. The molecule has 1 heterocycles. The quantitative estimate of drug-likeness (QED) is 0.247. The third kappa shape index (κ3) is 6.84. The van der Waals surface area contributed by atoms with Crippen molar-refractivity contribution in [2.24, 2.45) is 5.10 Å². The molecule has 9 nitrogen and oxygen atoms in total. The second-order valence-electron chi connectivity index (χ2n) is 6.46. The lowest BCUT2D eigenvalue weighted by Crippen LogP contribution is -2.17. The molecule has 0 radical (unpaired) electrons. The first-order chi connectivity index (χ1) is 16.0. The fourth-order valence-electron chi connectivity index (χ4n) is 2.58. The Morgan fingerprint density at radius 3 is 2.58 bits per heavy atom. The molecule has 0 aliphatic heterocycles. The highest BCUT2D eigenvalue weighted by molar-refractivity contribution is 9.10. The van der Waals surface area contributed by atoms with Crippen molar-refractivity contribution in [1.82, 2.24) is 5.43 Å². The highest BCUT2D eigenvalue weighted by Crippen LogP contribution is 2.33. The van der Waals surface area contributed by atoms with Crippen molar-refractivity contribution >= 4 is 34.0 Å². The lowest BCUT2D eigenvalue weighted by Gasteiger charge is -2.11. The maximum atomic E-state index is 12.3. The van der Waals surface area contributed by atoms with Gasteiger partial charge < -0.3 is 23.4 Å². The number of amides is 1. The van der Waals surface area contributed by atoms with Crippen LogP contribution < -0.4 is 19.6 Å². The standard InChI is InChI=1S/C23H21BrN2O7/c1-29-20-10-15(18(24)11-21(20)32-14-22(27)30-2)12-25-26-23(28)19-9-8-17(33-19)13-31-16-6-4-3-5-7-16/h3-12H,13-14H2,1-2H3,(H,26,28)/b25-12+. The van der Waals surface area contributed by atoms with Gasteiger partial charge in [-0.2, -0.15) is 5.10 Å². The number of methoxy groups -OCH3 is 2. The van der Waals surface area contributed by atoms with E-state index in [1.807, 2.05) is 30.3 Å². The van der Waals surface area contributed by atoms with Gasteiger partial charge in [0.05, 0.1) is 20.4 Å². The molecule has 0 bridgehead atoms. The van der Waals surface area contributed by atoms with Crippen LogP contribution in [-0.4, -0.2) is 38.9 Å². The van der Waals surface area contributed by atoms with Gasteiger partial charge in [0.2, 0.25) is 0 Å². The van der Waals surface area contributed by atoms with Crippen LogP contribution in [0.3, 0.4) is 0 Å². The highest BCUT2D eigenvalue weighted by Gasteiger charge is 2.13. The van der Waals surface area contributed by atoms with Gasteiger partial charge in [-0.15, -0.1) is 0 Å². The van der Waals surface area contributed by atoms with Crippen LogP contribution in [0.25, 0.3) is 0 Å². The number of furan rings is 1. The van der Waals surface area contributed by atoms with E-state index in [0.717, 1.165) is 0 Å². The SMILES string of the molecule is COC(=O)COc1cc(Br)c(/C=N/NC(=O)c2ccc(COc3ccccc3)o2)cc1OC. The molecule has 1 amide bonds. The summed E-state index contributed by atoms with van der Waals surface area (Å²) in [6.45, 7) is -0.0674. The lowest BCUT2D eigenvalue weighted by molar-refractivity contribution is -0.142. The molecule has 0 spiro atoms. The zero-order valence-corrected chi connectivity index (χ0v) is 19.5. The molecule has 33 heavy (non-hydrogen) atoms. The van der Waals surface area contributed by atoms with Crippen LogP contribution in [0, 0.1) is 0 Å². The van der Waals surface area contributed by atoms with Crippen molar-refractivity contribution in [2.75, 3.05) is 20.8 Å². The fraction of sp³-hybridized carbons (Fsp3) is 0.174. The van der Waals surface area contributed by atoms with Crippen molar-refractivity contribution in [2.45, 2.75) is 6.61 Å². The molecule has 10 heteroatoms. The predicted octanol–water partition coefficient (Wildman–Crippen LogP) is 3.95. The monoisotopic (exact) mass is 516 g/mol. The average molecular weight is 517 g/mol. The molecule has 0 aliphatic rings. The Balaban J connectivity index is 1.58. The summed E-state index contributed by atoms with van der Waals surface area (Å²) in [6.07, 6.45) is 1.43. The van der Waals surface area contributed by atoms with E-state index in [0.29, 0.717) is 33.0 Å². The first kappa shape index (κ1) is 23.9. The molecule has 0 aliphatic carbocycles. The highest BCUT2D eigenvalue weighted by atomic mass is 79.9. The smallest absolute Gasteiger partial charge is 0.343 e. The Hall–Kier alpha value is -3.79. The van der Waals surface area contributed by atoms with Crippen molar-refractivity contribution < 1.29 is 33.0 Å². The fourth-order valence-corrected chi connectivity index (χ4v) is 3.01. The molecule has 0 atom stereocenters. The van der Waals surface area contributed by atoms with Gasteiger partial charge in [-0.1, -0.05) is 18.2 Å². The minimum atomic E-state index is -0.519. The lowest BCUT2D eigenvalue weighted by atomic mass is 10.2. The number of halogens is 1. The summed E-state index contributed by atoms with van der Waals surface area (Å²) in [5, 5.41) is 3.96. The third-order valence-corrected chi connectivity index (χ3v) is 4.92. The number of ether oxygens (including phenoxy) is 4. The summed E-state index contributed by atoms with van der Waals surface area (Å²) >= 11 is 3.40. The van der Waals surface area contributed by atoms with Crippen molar-refractivity contribution in [3.63, 3.8) is 0 Å². The Kier molecular flexibility index (Phi) is 8.48. The molecule has 1 aromatic heterocycles. The van der Waals surface area contributed by atoms with E-state index >= 15 is 0 Å². The number of nitrogens with one attached hydrogen (secondary N) is 1. The summed E-state index contributed by atoms with van der Waals surface area (Å²) in [4.78, 5) is 23.6. The van der Waals surface area contributed by atoms with Crippen LogP contribution >= 0.6 is 15.9 Å². The first-order valence-electron chi connectivity index (χ1n) is 9.67. The molecule has 3 aromatic rings. The molecular formula is C23H21BrN2O7. The number of hydrogen-bond acceptors (Lipinski definition) is 8. The van der Waals surface area contributed by atoms with Gasteiger partial charge in [0.15, 0.2) is 23.9 Å². The van der Waals surface area contributed by atoms with Gasteiger partial charge in [-0.05, 0) is 52.3 Å². The Labute approximate surface area is 198 Å². The van der Waals surface area contributed by atoms with Crippen LogP contribution in [0.1, 0.15) is 21.9 Å². The number of esters is 1. The van der Waals surface area contributed by atoms with E-state index < -0.39 is 11.9 Å². The average Bonchev–Trinajstić information content (AvgIpc) is 3.32. The van der Waals surface area contributed by atoms with Crippen LogP contribution in [0.5, 0.6) is 17.2 Å². The van der Waals surface area contributed by atoms with Crippen molar-refractivity contribution in [3.8, 4) is 17.2 Å². The molecule has 0 unspecified atom stereocenters. The number of nitrogens with zero attached hydrogens (tertiary/aromatic N) is 1. The minimum absolute atomic E-state index is 0.0991. The summed E-state index contributed by atoms with van der Waals surface area (Å²) in [6, 6.07) is 15.7. The van der Waals surface area contributed by atoms with Crippen LogP contribution in [0.15, 0.2) is 68.6 Å². The molecule has 3 rings (SSSR count). The van der Waals surface area contributed by atoms with Gasteiger partial charge >= 0.3 is 11.9 Å². The maximum Gasteiger partial charge on any atom is 0.343 e. The molecule has 0 saturated carbocycles. The number of carbonyl (C=O) groups is 2. The number of rotatable bonds is 10. The largest absolute Gasteiger partial charge is 0.493 e. The van der Waals surface area contributed by atoms with Gasteiger partial charge in [-0.25, -0.2) is 10.2 Å². The molecule has 172 valence electrons. The zero-order chi connectivity index (χ0) is 23.6. The van der Waals surface area contributed by atoms with E-state index in [-0.39, 0.29) is 19.0 Å². The molecule has 0 saturated heterocycles. The second-order valence-corrected chi connectivity index (χ2v) is 7.31. The van der Waals surface area contributed by atoms with Crippen LogP contribution in [0.4, 0.5) is 0 Å². The third-order valence-electron chi connectivity index (χ3n) is 4.24. The van der Waals surface area contributed by atoms with Gasteiger partial charge in [0.1, 0.15) is 18.1 Å². The number of carbonyl (C=O) groups excluding carboxylic acids is 2. The Morgan fingerprint density at radius 1 is 1.06 bits per heavy atom. The van der Waals surface area contributed by atoms with E-state index in [9.17, 15) is 9.59 Å². The minimum Gasteiger partial charge on any atom is -0.493 e. The van der Waals surface area contributed by atoms with Gasteiger partial charge in [0, 0.05) is 10.0 Å². The van der Waals surface area contributed by atoms with Crippen LogP contribution in [0.2, 0.25) is 0 Å². The van der Waals surface area contributed by atoms with Gasteiger partial charge in [-0.3, -0.25) is 4.79 Å².